The van der Waals surface area contributed by atoms with Crippen LogP contribution in [0.15, 0.2) is 12.1 Å². The van der Waals surface area contributed by atoms with Gasteiger partial charge in [-0.15, -0.1) is 0 Å². The van der Waals surface area contributed by atoms with Crippen LogP contribution in [0.1, 0.15) is 46.2 Å². The summed E-state index contributed by atoms with van der Waals surface area (Å²) < 4.78 is 0. The molecular formula is C16H24Cl3N. The summed E-state index contributed by atoms with van der Waals surface area (Å²) in [6.07, 6.45) is 0. The number of nitrogens with one attached hydrogen (secondary N) is 1. The van der Waals surface area contributed by atoms with Crippen LogP contribution in [0.4, 0.5) is 0 Å². The van der Waals surface area contributed by atoms with Crippen LogP contribution in [0.25, 0.3) is 0 Å². The minimum Gasteiger partial charge on any atom is -0.310 e. The van der Waals surface area contributed by atoms with Crippen LogP contribution in [-0.4, -0.2) is 6.54 Å². The van der Waals surface area contributed by atoms with Crippen molar-refractivity contribution in [2.24, 2.45) is 17.8 Å². The van der Waals surface area contributed by atoms with Gasteiger partial charge in [-0.05, 0) is 42.9 Å². The van der Waals surface area contributed by atoms with Gasteiger partial charge in [-0.25, -0.2) is 0 Å². The van der Waals surface area contributed by atoms with E-state index in [2.05, 4.69) is 39.9 Å². The third kappa shape index (κ3) is 4.53. The monoisotopic (exact) mass is 335 g/mol. The Labute approximate surface area is 138 Å². The van der Waals surface area contributed by atoms with Crippen LogP contribution in [0.3, 0.4) is 0 Å². The van der Waals surface area contributed by atoms with Crippen molar-refractivity contribution in [3.63, 3.8) is 0 Å². The second-order valence-corrected chi connectivity index (χ2v) is 7.21. The summed E-state index contributed by atoms with van der Waals surface area (Å²) in [5.41, 5.74) is 0.993. The Kier molecular flexibility index (Phi) is 7.14. The van der Waals surface area contributed by atoms with Gasteiger partial charge in [0.2, 0.25) is 0 Å². The summed E-state index contributed by atoms with van der Waals surface area (Å²) in [5.74, 6) is 1.94. The van der Waals surface area contributed by atoms with Crippen LogP contribution in [-0.2, 0) is 0 Å². The summed E-state index contributed by atoms with van der Waals surface area (Å²) in [4.78, 5) is 0. The van der Waals surface area contributed by atoms with Crippen LogP contribution in [0.2, 0.25) is 15.1 Å². The summed E-state index contributed by atoms with van der Waals surface area (Å²) in [5, 5.41) is 5.04. The average Bonchev–Trinajstić information content (AvgIpc) is 2.35. The first-order valence-corrected chi connectivity index (χ1v) is 8.25. The summed E-state index contributed by atoms with van der Waals surface area (Å²) in [6, 6.07) is 3.89. The molecule has 4 heteroatoms. The van der Waals surface area contributed by atoms with Gasteiger partial charge in [-0.2, -0.15) is 0 Å². The van der Waals surface area contributed by atoms with E-state index < -0.39 is 0 Å². The van der Waals surface area contributed by atoms with Crippen LogP contribution >= 0.6 is 34.8 Å². The first kappa shape index (κ1) is 18.1. The highest BCUT2D eigenvalue weighted by atomic mass is 35.5. The molecule has 0 saturated carbocycles. The number of benzene rings is 1. The molecule has 1 aromatic carbocycles. The molecule has 0 spiro atoms. The average molecular weight is 337 g/mol. The van der Waals surface area contributed by atoms with Crippen molar-refractivity contribution in [3.05, 3.63) is 32.8 Å². The van der Waals surface area contributed by atoms with Crippen LogP contribution in [0.5, 0.6) is 0 Å². The van der Waals surface area contributed by atoms with Gasteiger partial charge < -0.3 is 5.32 Å². The zero-order valence-corrected chi connectivity index (χ0v) is 15.1. The van der Waals surface area contributed by atoms with Gasteiger partial charge in [0, 0.05) is 6.04 Å². The molecule has 114 valence electrons. The molecule has 20 heavy (non-hydrogen) atoms. The Bertz CT molecular complexity index is 436. The Hall–Kier alpha value is 0.0500. The molecule has 0 heterocycles. The molecule has 0 aromatic heterocycles. The number of rotatable bonds is 6. The number of hydrogen-bond donors (Lipinski definition) is 1. The highest BCUT2D eigenvalue weighted by Crippen LogP contribution is 2.35. The molecule has 0 saturated heterocycles. The largest absolute Gasteiger partial charge is 0.310 e. The van der Waals surface area contributed by atoms with E-state index >= 15 is 0 Å². The second kappa shape index (κ2) is 7.89. The molecule has 0 radical (unpaired) electrons. The molecule has 1 atom stereocenters. The van der Waals surface area contributed by atoms with Crippen LogP contribution < -0.4 is 5.32 Å². The molecule has 0 bridgehead atoms. The van der Waals surface area contributed by atoms with E-state index in [0.717, 1.165) is 12.1 Å². The third-order valence-electron chi connectivity index (χ3n) is 3.90. The first-order valence-electron chi connectivity index (χ1n) is 7.12. The normalized spacial score (nSPS) is 13.6. The molecule has 0 aliphatic rings. The summed E-state index contributed by atoms with van der Waals surface area (Å²) in [7, 11) is 0. The quantitative estimate of drug-likeness (QED) is 0.607. The molecule has 0 amide bonds. The summed E-state index contributed by atoms with van der Waals surface area (Å²) >= 11 is 18.3. The molecule has 1 N–H and O–H groups in total. The maximum absolute atomic E-state index is 6.28. The molecule has 0 fully saturated rings. The van der Waals surface area contributed by atoms with Crippen molar-refractivity contribution in [1.82, 2.24) is 5.32 Å². The molecular weight excluding hydrogens is 313 g/mol. The highest BCUT2D eigenvalue weighted by Gasteiger charge is 2.20. The Balaban J connectivity index is 2.77. The standard InChI is InChI=1S/C16H24Cl3N/c1-9(2)13(10(3)4)8-20-11(5)12-6-7-14(17)16(19)15(12)18/h6-7,9-11,13,20H,8H2,1-5H3. The zero-order chi connectivity index (χ0) is 15.4. The lowest BCUT2D eigenvalue weighted by molar-refractivity contribution is 0.268. The second-order valence-electron chi connectivity index (χ2n) is 6.05. The van der Waals surface area contributed by atoms with Crippen molar-refractivity contribution in [3.8, 4) is 0 Å². The van der Waals surface area contributed by atoms with Crippen LogP contribution in [0, 0.1) is 17.8 Å². The van der Waals surface area contributed by atoms with Crippen molar-refractivity contribution in [2.45, 2.75) is 40.7 Å². The Morgan fingerprint density at radius 1 is 0.900 bits per heavy atom. The molecule has 1 nitrogen and oxygen atoms in total. The predicted molar refractivity (Wildman–Crippen MR) is 91.1 cm³/mol. The van der Waals surface area contributed by atoms with Gasteiger partial charge in [-0.3, -0.25) is 0 Å². The Morgan fingerprint density at radius 2 is 1.45 bits per heavy atom. The predicted octanol–water partition coefficient (Wildman–Crippen LogP) is 6.23. The van der Waals surface area contributed by atoms with Gasteiger partial charge in [0.05, 0.1) is 15.1 Å². The fourth-order valence-electron chi connectivity index (χ4n) is 2.54. The van der Waals surface area contributed by atoms with Crippen molar-refractivity contribution in [2.75, 3.05) is 6.54 Å². The summed E-state index contributed by atoms with van der Waals surface area (Å²) in [6.45, 7) is 12.1. The van der Waals surface area contributed by atoms with E-state index in [1.165, 1.54) is 0 Å². The molecule has 1 unspecified atom stereocenters. The highest BCUT2D eigenvalue weighted by molar-refractivity contribution is 6.48. The van der Waals surface area contributed by atoms with Gasteiger partial charge >= 0.3 is 0 Å². The van der Waals surface area contributed by atoms with E-state index in [1.54, 1.807) is 6.07 Å². The molecule has 1 aromatic rings. The minimum atomic E-state index is 0.150. The van der Waals surface area contributed by atoms with Crippen molar-refractivity contribution >= 4 is 34.8 Å². The zero-order valence-electron chi connectivity index (χ0n) is 12.8. The molecule has 0 aliphatic carbocycles. The van der Waals surface area contributed by atoms with Gasteiger partial charge in [0.1, 0.15) is 0 Å². The molecule has 0 aliphatic heterocycles. The first-order chi connectivity index (χ1) is 9.25. The minimum absolute atomic E-state index is 0.150. The maximum atomic E-state index is 6.28. The number of hydrogen-bond acceptors (Lipinski definition) is 1. The van der Waals surface area contributed by atoms with E-state index in [1.807, 2.05) is 6.07 Å². The SMILES string of the molecule is CC(NCC(C(C)C)C(C)C)c1ccc(Cl)c(Cl)c1Cl. The fourth-order valence-corrected chi connectivity index (χ4v) is 3.25. The third-order valence-corrected chi connectivity index (χ3v) is 5.21. The van der Waals surface area contributed by atoms with Gasteiger partial charge in [0.25, 0.3) is 0 Å². The fraction of sp³-hybridized carbons (Fsp3) is 0.625. The number of halogens is 3. The molecule has 1 rings (SSSR count). The Morgan fingerprint density at radius 3 is 1.95 bits per heavy atom. The van der Waals surface area contributed by atoms with Crippen molar-refractivity contribution < 1.29 is 0 Å². The lowest BCUT2D eigenvalue weighted by Gasteiger charge is -2.27. The maximum Gasteiger partial charge on any atom is 0.0781 e. The van der Waals surface area contributed by atoms with E-state index in [0.29, 0.717) is 32.8 Å². The van der Waals surface area contributed by atoms with E-state index in [9.17, 15) is 0 Å². The lowest BCUT2D eigenvalue weighted by atomic mass is 9.85. The van der Waals surface area contributed by atoms with Crippen molar-refractivity contribution in [1.29, 1.82) is 0 Å². The smallest absolute Gasteiger partial charge is 0.0781 e. The lowest BCUT2D eigenvalue weighted by Crippen LogP contribution is -2.31. The van der Waals surface area contributed by atoms with Gasteiger partial charge in [0.15, 0.2) is 0 Å². The van der Waals surface area contributed by atoms with E-state index in [-0.39, 0.29) is 6.04 Å². The van der Waals surface area contributed by atoms with E-state index in [4.69, 9.17) is 34.8 Å². The topological polar surface area (TPSA) is 12.0 Å². The van der Waals surface area contributed by atoms with Gasteiger partial charge in [-0.1, -0.05) is 68.6 Å².